The quantitative estimate of drug-likeness (QED) is 0.433. The summed E-state index contributed by atoms with van der Waals surface area (Å²) in [6, 6.07) is 17.8. The van der Waals surface area contributed by atoms with Crippen molar-refractivity contribution in [3.63, 3.8) is 0 Å². The standard InChI is InChI=1S/C30H35ClN4O5S/c1-30(2,3)40-29(37)34-14-12-32(13-15-34)26-9-5-22(6-10-26)28(36)33-16-18-35(19-17-33)41(38,39)27-11-7-23-20-25(31)8-4-24(23)21-27/h4-11,20-21H,12-19H2,1-3H3. The van der Waals surface area contributed by atoms with Crippen molar-refractivity contribution >= 4 is 50.1 Å². The maximum Gasteiger partial charge on any atom is 0.410 e. The van der Waals surface area contributed by atoms with E-state index in [1.807, 2.05) is 51.1 Å². The van der Waals surface area contributed by atoms with Crippen molar-refractivity contribution in [1.29, 1.82) is 0 Å². The van der Waals surface area contributed by atoms with Crippen LogP contribution in [0, 0.1) is 0 Å². The molecule has 0 unspecified atom stereocenters. The van der Waals surface area contributed by atoms with E-state index < -0.39 is 15.6 Å². The fourth-order valence-electron chi connectivity index (χ4n) is 5.11. The van der Waals surface area contributed by atoms with E-state index in [1.54, 1.807) is 40.1 Å². The first-order valence-electron chi connectivity index (χ1n) is 13.7. The number of fused-ring (bicyclic) bond motifs is 1. The Morgan fingerprint density at radius 3 is 1.98 bits per heavy atom. The van der Waals surface area contributed by atoms with Gasteiger partial charge in [-0.3, -0.25) is 4.79 Å². The summed E-state index contributed by atoms with van der Waals surface area (Å²) in [7, 11) is -3.69. The van der Waals surface area contributed by atoms with Gasteiger partial charge in [-0.2, -0.15) is 4.31 Å². The predicted octanol–water partition coefficient (Wildman–Crippen LogP) is 4.70. The smallest absolute Gasteiger partial charge is 0.410 e. The number of piperazine rings is 2. The molecule has 0 N–H and O–H groups in total. The van der Waals surface area contributed by atoms with Gasteiger partial charge in [-0.15, -0.1) is 0 Å². The summed E-state index contributed by atoms with van der Waals surface area (Å²) in [4.78, 5) is 31.4. The topological polar surface area (TPSA) is 90.5 Å². The molecule has 3 aromatic rings. The molecular formula is C30H35ClN4O5S. The van der Waals surface area contributed by atoms with E-state index in [9.17, 15) is 18.0 Å². The Balaban J connectivity index is 1.16. The highest BCUT2D eigenvalue weighted by Gasteiger charge is 2.31. The van der Waals surface area contributed by atoms with Crippen LogP contribution in [0.4, 0.5) is 10.5 Å². The van der Waals surface area contributed by atoms with Gasteiger partial charge in [0.15, 0.2) is 0 Å². The van der Waals surface area contributed by atoms with Gasteiger partial charge in [0.1, 0.15) is 5.60 Å². The highest BCUT2D eigenvalue weighted by atomic mass is 35.5. The van der Waals surface area contributed by atoms with Crippen LogP contribution in [0.5, 0.6) is 0 Å². The molecule has 2 fully saturated rings. The molecule has 0 aromatic heterocycles. The Morgan fingerprint density at radius 1 is 0.756 bits per heavy atom. The maximum atomic E-state index is 13.3. The first kappa shape index (κ1) is 29.2. The van der Waals surface area contributed by atoms with E-state index in [0.717, 1.165) is 16.5 Å². The molecule has 2 aliphatic rings. The summed E-state index contributed by atoms with van der Waals surface area (Å²) in [6.45, 7) is 9.14. The summed E-state index contributed by atoms with van der Waals surface area (Å²) in [5.74, 6) is -0.120. The van der Waals surface area contributed by atoms with Crippen LogP contribution in [0.25, 0.3) is 10.8 Å². The molecule has 0 atom stereocenters. The minimum atomic E-state index is -3.69. The minimum absolute atomic E-state index is 0.120. The fraction of sp³-hybridized carbons (Fsp3) is 0.400. The van der Waals surface area contributed by atoms with Crippen molar-refractivity contribution in [2.24, 2.45) is 0 Å². The first-order valence-corrected chi connectivity index (χ1v) is 15.5. The SMILES string of the molecule is CC(C)(C)OC(=O)N1CCN(c2ccc(C(=O)N3CCN(S(=O)(=O)c4ccc5cc(Cl)ccc5c4)CC3)cc2)CC1. The maximum absolute atomic E-state index is 13.3. The van der Waals surface area contributed by atoms with Gasteiger partial charge in [-0.05, 0) is 80.1 Å². The van der Waals surface area contributed by atoms with E-state index in [4.69, 9.17) is 16.3 Å². The van der Waals surface area contributed by atoms with Gasteiger partial charge in [0, 0.05) is 68.6 Å². The lowest BCUT2D eigenvalue weighted by Crippen LogP contribution is -2.50. The molecule has 0 aliphatic carbocycles. The molecular weight excluding hydrogens is 564 g/mol. The van der Waals surface area contributed by atoms with Gasteiger partial charge >= 0.3 is 6.09 Å². The van der Waals surface area contributed by atoms with Crippen molar-refractivity contribution in [2.75, 3.05) is 57.3 Å². The molecule has 0 spiro atoms. The molecule has 218 valence electrons. The number of benzene rings is 3. The van der Waals surface area contributed by atoms with E-state index in [1.165, 1.54) is 4.31 Å². The zero-order chi connectivity index (χ0) is 29.4. The van der Waals surface area contributed by atoms with E-state index >= 15 is 0 Å². The minimum Gasteiger partial charge on any atom is -0.444 e. The van der Waals surface area contributed by atoms with Crippen LogP contribution >= 0.6 is 11.6 Å². The van der Waals surface area contributed by atoms with Crippen LogP contribution in [0.1, 0.15) is 31.1 Å². The van der Waals surface area contributed by atoms with E-state index in [0.29, 0.717) is 49.9 Å². The molecule has 2 saturated heterocycles. The third kappa shape index (κ3) is 6.60. The van der Waals surface area contributed by atoms with Gasteiger partial charge in [0.2, 0.25) is 10.0 Å². The second kappa shape index (κ2) is 11.5. The van der Waals surface area contributed by atoms with Gasteiger partial charge < -0.3 is 19.4 Å². The van der Waals surface area contributed by atoms with Gasteiger partial charge in [0.05, 0.1) is 4.90 Å². The fourth-order valence-corrected chi connectivity index (χ4v) is 6.75. The molecule has 41 heavy (non-hydrogen) atoms. The van der Waals surface area contributed by atoms with E-state index in [2.05, 4.69) is 4.90 Å². The number of carbonyl (C=O) groups excluding carboxylic acids is 2. The number of sulfonamides is 1. The lowest BCUT2D eigenvalue weighted by molar-refractivity contribution is 0.0240. The average molecular weight is 599 g/mol. The number of hydrogen-bond donors (Lipinski definition) is 0. The molecule has 9 nitrogen and oxygen atoms in total. The summed E-state index contributed by atoms with van der Waals surface area (Å²) in [5, 5.41) is 2.28. The molecule has 0 radical (unpaired) electrons. The molecule has 5 rings (SSSR count). The van der Waals surface area contributed by atoms with Gasteiger partial charge in [0.25, 0.3) is 5.91 Å². The summed E-state index contributed by atoms with van der Waals surface area (Å²) >= 11 is 6.05. The normalized spacial score (nSPS) is 17.1. The van der Waals surface area contributed by atoms with Crippen LogP contribution in [0.2, 0.25) is 5.02 Å². The third-order valence-electron chi connectivity index (χ3n) is 7.35. The highest BCUT2D eigenvalue weighted by molar-refractivity contribution is 7.89. The lowest BCUT2D eigenvalue weighted by Gasteiger charge is -2.37. The second-order valence-electron chi connectivity index (χ2n) is 11.4. The highest BCUT2D eigenvalue weighted by Crippen LogP contribution is 2.26. The number of anilines is 1. The monoisotopic (exact) mass is 598 g/mol. The van der Waals surface area contributed by atoms with Crippen LogP contribution in [-0.2, 0) is 14.8 Å². The summed E-state index contributed by atoms with van der Waals surface area (Å²) in [5.41, 5.74) is 1.02. The number of hydrogen-bond acceptors (Lipinski definition) is 6. The summed E-state index contributed by atoms with van der Waals surface area (Å²) < 4.78 is 33.5. The molecule has 0 bridgehead atoms. The van der Waals surface area contributed by atoms with Crippen LogP contribution in [0.15, 0.2) is 65.6 Å². The number of nitrogens with zero attached hydrogens (tertiary/aromatic N) is 4. The average Bonchev–Trinajstić information content (AvgIpc) is 2.96. The number of amides is 2. The molecule has 2 aliphatic heterocycles. The molecule has 2 heterocycles. The van der Waals surface area contributed by atoms with Gasteiger partial charge in [-0.1, -0.05) is 23.7 Å². The van der Waals surface area contributed by atoms with Crippen molar-refractivity contribution < 1.29 is 22.7 Å². The Bertz CT molecular complexity index is 1540. The molecule has 3 aromatic carbocycles. The number of halogens is 1. The number of rotatable bonds is 4. The molecule has 2 amide bonds. The lowest BCUT2D eigenvalue weighted by atomic mass is 10.1. The molecule has 0 saturated carbocycles. The van der Waals surface area contributed by atoms with Crippen LogP contribution in [0.3, 0.4) is 0 Å². The van der Waals surface area contributed by atoms with Crippen molar-refractivity contribution in [1.82, 2.24) is 14.1 Å². The number of carbonyl (C=O) groups is 2. The zero-order valence-electron chi connectivity index (χ0n) is 23.5. The molecule has 11 heteroatoms. The van der Waals surface area contributed by atoms with Gasteiger partial charge in [-0.25, -0.2) is 13.2 Å². The van der Waals surface area contributed by atoms with Crippen molar-refractivity contribution in [2.45, 2.75) is 31.3 Å². The Labute approximate surface area is 246 Å². The second-order valence-corrected chi connectivity index (χ2v) is 13.7. The summed E-state index contributed by atoms with van der Waals surface area (Å²) in [6.07, 6.45) is -0.298. The van der Waals surface area contributed by atoms with Crippen molar-refractivity contribution in [3.8, 4) is 0 Å². The van der Waals surface area contributed by atoms with E-state index in [-0.39, 0.29) is 30.0 Å². The zero-order valence-corrected chi connectivity index (χ0v) is 25.1. The van der Waals surface area contributed by atoms with Crippen molar-refractivity contribution in [3.05, 3.63) is 71.2 Å². The largest absolute Gasteiger partial charge is 0.444 e. The van der Waals surface area contributed by atoms with Crippen LogP contribution in [-0.4, -0.2) is 92.5 Å². The Hall–Kier alpha value is -3.34. The van der Waals surface area contributed by atoms with Crippen LogP contribution < -0.4 is 4.90 Å². The number of ether oxygens (including phenoxy) is 1. The Kier molecular flexibility index (Phi) is 8.18. The first-order chi connectivity index (χ1) is 19.4. The third-order valence-corrected chi connectivity index (χ3v) is 9.48. The predicted molar refractivity (Wildman–Crippen MR) is 160 cm³/mol. The Morgan fingerprint density at radius 2 is 1.34 bits per heavy atom.